The highest BCUT2D eigenvalue weighted by Crippen LogP contribution is 2.28. The van der Waals surface area contributed by atoms with Gasteiger partial charge in [-0.25, -0.2) is 4.79 Å². The molecular weight excluding hydrogens is 258 g/mol. The summed E-state index contributed by atoms with van der Waals surface area (Å²) in [7, 11) is 1.77. The molecule has 0 bridgehead atoms. The van der Waals surface area contributed by atoms with Crippen LogP contribution in [0.25, 0.3) is 10.9 Å². The molecule has 0 saturated carbocycles. The van der Waals surface area contributed by atoms with Crippen LogP contribution in [0.1, 0.15) is 16.1 Å². The first-order chi connectivity index (χ1) is 9.56. The number of ether oxygens (including phenoxy) is 2. The zero-order chi connectivity index (χ0) is 14.3. The van der Waals surface area contributed by atoms with Gasteiger partial charge in [0.05, 0.1) is 25.3 Å². The molecule has 0 aliphatic carbocycles. The lowest BCUT2D eigenvalue weighted by atomic mass is 10.1. The molecule has 1 fully saturated rings. The average Bonchev–Trinajstić information content (AvgIpc) is 2.65. The lowest BCUT2D eigenvalue weighted by Gasteiger charge is -2.25. The Morgan fingerprint density at radius 2 is 2.20 bits per heavy atom. The Hall–Kier alpha value is -2.01. The van der Waals surface area contributed by atoms with Crippen molar-refractivity contribution in [2.75, 3.05) is 19.8 Å². The maximum atomic E-state index is 11.2. The minimum Gasteiger partial charge on any atom is -0.493 e. The van der Waals surface area contributed by atoms with Crippen LogP contribution in [0.15, 0.2) is 18.2 Å². The number of carboxylic acids is 1. The molecule has 0 spiro atoms. The van der Waals surface area contributed by atoms with E-state index in [0.29, 0.717) is 12.5 Å². The first-order valence-electron chi connectivity index (χ1n) is 6.60. The number of rotatable bonds is 4. The van der Waals surface area contributed by atoms with Gasteiger partial charge in [-0.05, 0) is 30.7 Å². The van der Waals surface area contributed by atoms with Crippen molar-refractivity contribution in [2.24, 2.45) is 13.0 Å². The van der Waals surface area contributed by atoms with Crippen LogP contribution in [0.4, 0.5) is 0 Å². The smallest absolute Gasteiger partial charge is 0.352 e. The van der Waals surface area contributed by atoms with E-state index >= 15 is 0 Å². The van der Waals surface area contributed by atoms with Crippen LogP contribution in [-0.4, -0.2) is 35.5 Å². The Bertz CT molecular complexity index is 670. The maximum absolute atomic E-state index is 11.2. The van der Waals surface area contributed by atoms with E-state index < -0.39 is 5.97 Å². The lowest BCUT2D eigenvalue weighted by Crippen LogP contribution is -2.32. The monoisotopic (exact) mass is 275 g/mol. The van der Waals surface area contributed by atoms with Crippen molar-refractivity contribution in [1.29, 1.82) is 0 Å². The number of carbonyl (C=O) groups is 1. The Kier molecular flexibility index (Phi) is 3.14. The standard InChI is InChI=1S/C15H17NO4/c1-9-3-12(20-8-10-6-19-7-10)4-11-5-13(15(17)18)16(2)14(9)11/h3-5,10H,6-8H2,1-2H3,(H,17,18). The lowest BCUT2D eigenvalue weighted by molar-refractivity contribution is -0.0508. The molecule has 20 heavy (non-hydrogen) atoms. The second kappa shape index (κ2) is 4.83. The van der Waals surface area contributed by atoms with E-state index in [-0.39, 0.29) is 5.69 Å². The Balaban J connectivity index is 1.93. The molecule has 0 atom stereocenters. The van der Waals surface area contributed by atoms with Crippen LogP contribution in [0, 0.1) is 12.8 Å². The predicted molar refractivity (Wildman–Crippen MR) is 74.4 cm³/mol. The second-order valence-electron chi connectivity index (χ2n) is 5.29. The molecule has 3 rings (SSSR count). The van der Waals surface area contributed by atoms with Gasteiger partial charge < -0.3 is 19.1 Å². The first-order valence-corrected chi connectivity index (χ1v) is 6.60. The molecule has 5 heteroatoms. The molecule has 106 valence electrons. The van der Waals surface area contributed by atoms with Crippen molar-refractivity contribution in [2.45, 2.75) is 6.92 Å². The zero-order valence-electron chi connectivity index (χ0n) is 11.5. The Morgan fingerprint density at radius 1 is 1.45 bits per heavy atom. The van der Waals surface area contributed by atoms with Crippen LogP contribution < -0.4 is 4.74 Å². The van der Waals surface area contributed by atoms with E-state index in [1.54, 1.807) is 17.7 Å². The molecule has 1 aromatic carbocycles. The first kappa shape index (κ1) is 13.0. The van der Waals surface area contributed by atoms with Gasteiger partial charge in [-0.15, -0.1) is 0 Å². The average molecular weight is 275 g/mol. The minimum absolute atomic E-state index is 0.285. The molecule has 1 aliphatic heterocycles. The van der Waals surface area contributed by atoms with Gasteiger partial charge in [-0.1, -0.05) is 0 Å². The summed E-state index contributed by atoms with van der Waals surface area (Å²) < 4.78 is 12.6. The van der Waals surface area contributed by atoms with Crippen molar-refractivity contribution in [3.8, 4) is 5.75 Å². The number of aromatic nitrogens is 1. The number of benzene rings is 1. The molecule has 5 nitrogen and oxygen atoms in total. The second-order valence-corrected chi connectivity index (χ2v) is 5.29. The molecule has 2 aromatic rings. The summed E-state index contributed by atoms with van der Waals surface area (Å²) in [5, 5.41) is 10.1. The van der Waals surface area contributed by atoms with Crippen molar-refractivity contribution in [3.63, 3.8) is 0 Å². The topological polar surface area (TPSA) is 60.7 Å². The minimum atomic E-state index is -0.919. The largest absolute Gasteiger partial charge is 0.493 e. The summed E-state index contributed by atoms with van der Waals surface area (Å²) in [6.45, 7) is 4.13. The summed E-state index contributed by atoms with van der Waals surface area (Å²) in [5.41, 5.74) is 2.23. The Labute approximate surface area is 116 Å². The fourth-order valence-corrected chi connectivity index (χ4v) is 2.59. The number of carboxylic acid groups (broad SMARTS) is 1. The highest BCUT2D eigenvalue weighted by molar-refractivity contribution is 5.96. The van der Waals surface area contributed by atoms with E-state index in [9.17, 15) is 9.90 Å². The van der Waals surface area contributed by atoms with Crippen LogP contribution in [-0.2, 0) is 11.8 Å². The van der Waals surface area contributed by atoms with Gasteiger partial charge in [0.25, 0.3) is 0 Å². The number of aryl methyl sites for hydroxylation is 2. The summed E-state index contributed by atoms with van der Waals surface area (Å²) >= 11 is 0. The number of nitrogens with zero attached hydrogens (tertiary/aromatic N) is 1. The zero-order valence-corrected chi connectivity index (χ0v) is 11.5. The third-order valence-electron chi connectivity index (χ3n) is 3.70. The third kappa shape index (κ3) is 2.14. The molecule has 0 amide bonds. The third-order valence-corrected chi connectivity index (χ3v) is 3.70. The van der Waals surface area contributed by atoms with E-state index in [2.05, 4.69) is 0 Å². The summed E-state index contributed by atoms with van der Waals surface area (Å²) in [6, 6.07) is 5.53. The number of fused-ring (bicyclic) bond motifs is 1. The molecule has 0 unspecified atom stereocenters. The fourth-order valence-electron chi connectivity index (χ4n) is 2.59. The van der Waals surface area contributed by atoms with E-state index in [0.717, 1.165) is 35.4 Å². The van der Waals surface area contributed by atoms with E-state index in [1.807, 2.05) is 19.1 Å². The maximum Gasteiger partial charge on any atom is 0.352 e. The molecule has 1 aliphatic rings. The molecule has 0 radical (unpaired) electrons. The summed E-state index contributed by atoms with van der Waals surface area (Å²) in [6.07, 6.45) is 0. The van der Waals surface area contributed by atoms with E-state index in [4.69, 9.17) is 9.47 Å². The van der Waals surface area contributed by atoms with Gasteiger partial charge in [-0.3, -0.25) is 0 Å². The molecule has 1 saturated heterocycles. The highest BCUT2D eigenvalue weighted by Gasteiger charge is 2.19. The quantitative estimate of drug-likeness (QED) is 0.929. The van der Waals surface area contributed by atoms with Gasteiger partial charge in [0.1, 0.15) is 11.4 Å². The van der Waals surface area contributed by atoms with Crippen LogP contribution in [0.3, 0.4) is 0 Å². The number of aromatic carboxylic acids is 1. The number of hydrogen-bond acceptors (Lipinski definition) is 3. The number of hydrogen-bond donors (Lipinski definition) is 1. The molecule has 1 N–H and O–H groups in total. The van der Waals surface area contributed by atoms with Crippen LogP contribution in [0.2, 0.25) is 0 Å². The van der Waals surface area contributed by atoms with Crippen molar-refractivity contribution >= 4 is 16.9 Å². The highest BCUT2D eigenvalue weighted by atomic mass is 16.5. The van der Waals surface area contributed by atoms with Crippen LogP contribution in [0.5, 0.6) is 5.75 Å². The van der Waals surface area contributed by atoms with E-state index in [1.165, 1.54) is 0 Å². The van der Waals surface area contributed by atoms with Gasteiger partial charge in [0, 0.05) is 18.4 Å². The SMILES string of the molecule is Cc1cc(OCC2COC2)cc2cc(C(=O)O)n(C)c12. The van der Waals surface area contributed by atoms with Gasteiger partial charge >= 0.3 is 5.97 Å². The van der Waals surface area contributed by atoms with Crippen molar-refractivity contribution in [1.82, 2.24) is 4.57 Å². The fraction of sp³-hybridized carbons (Fsp3) is 0.400. The summed E-state index contributed by atoms with van der Waals surface area (Å²) in [4.78, 5) is 11.2. The molecular formula is C15H17NO4. The predicted octanol–water partition coefficient (Wildman–Crippen LogP) is 2.21. The normalized spacial score (nSPS) is 15.3. The summed E-state index contributed by atoms with van der Waals surface area (Å²) in [5.74, 6) is 0.331. The molecule has 2 heterocycles. The van der Waals surface area contributed by atoms with Crippen LogP contribution >= 0.6 is 0 Å². The van der Waals surface area contributed by atoms with Gasteiger partial charge in [-0.2, -0.15) is 0 Å². The van der Waals surface area contributed by atoms with Gasteiger partial charge in [0.15, 0.2) is 0 Å². The molecule has 1 aromatic heterocycles. The van der Waals surface area contributed by atoms with Crippen molar-refractivity contribution in [3.05, 3.63) is 29.5 Å². The van der Waals surface area contributed by atoms with Gasteiger partial charge in [0.2, 0.25) is 0 Å². The van der Waals surface area contributed by atoms with Crippen molar-refractivity contribution < 1.29 is 19.4 Å². The Morgan fingerprint density at radius 3 is 2.80 bits per heavy atom.